The van der Waals surface area contributed by atoms with Crippen LogP contribution in [0.3, 0.4) is 0 Å². The van der Waals surface area contributed by atoms with Gasteiger partial charge >= 0.3 is 5.97 Å². The molecule has 0 bridgehead atoms. The van der Waals surface area contributed by atoms with Gasteiger partial charge in [-0.05, 0) is 29.7 Å². The van der Waals surface area contributed by atoms with Gasteiger partial charge in [0.1, 0.15) is 4.90 Å². The van der Waals surface area contributed by atoms with Crippen LogP contribution in [-0.2, 0) is 10.0 Å². The highest BCUT2D eigenvalue weighted by Gasteiger charge is 2.21. The minimum Gasteiger partial charge on any atom is -0.478 e. The molecule has 0 aliphatic carbocycles. The summed E-state index contributed by atoms with van der Waals surface area (Å²) in [5, 5.41) is 10.6. The Hall–Kier alpha value is -2.57. The number of carboxylic acid groups (broad SMARTS) is 1. The van der Waals surface area contributed by atoms with E-state index in [0.29, 0.717) is 5.69 Å². The maximum atomic E-state index is 12.7. The van der Waals surface area contributed by atoms with Gasteiger partial charge in [0.15, 0.2) is 0 Å². The van der Waals surface area contributed by atoms with E-state index in [1.807, 2.05) is 18.2 Å². The number of benzene rings is 3. The van der Waals surface area contributed by atoms with Crippen LogP contribution in [0, 0.1) is 0 Å². The molecule has 0 aromatic heterocycles. The minimum atomic E-state index is -4.04. The van der Waals surface area contributed by atoms with Crippen molar-refractivity contribution in [2.45, 2.75) is 4.90 Å². The van der Waals surface area contributed by atoms with Crippen LogP contribution >= 0.6 is 11.6 Å². The van der Waals surface area contributed by atoms with Crippen LogP contribution in [-0.4, -0.2) is 19.5 Å². The van der Waals surface area contributed by atoms with Crippen molar-refractivity contribution in [2.24, 2.45) is 0 Å². The van der Waals surface area contributed by atoms with Gasteiger partial charge in [0.2, 0.25) is 0 Å². The Balaban J connectivity index is 2.09. The molecule has 0 saturated heterocycles. The van der Waals surface area contributed by atoms with Crippen molar-refractivity contribution >= 4 is 44.1 Å². The molecule has 122 valence electrons. The molecule has 7 heteroatoms. The van der Waals surface area contributed by atoms with E-state index >= 15 is 0 Å². The third-order valence-electron chi connectivity index (χ3n) is 3.50. The Kier molecular flexibility index (Phi) is 4.17. The summed E-state index contributed by atoms with van der Waals surface area (Å²) in [5.74, 6) is -1.23. The zero-order valence-corrected chi connectivity index (χ0v) is 13.8. The topological polar surface area (TPSA) is 83.5 Å². The molecule has 3 aromatic rings. The van der Waals surface area contributed by atoms with Crippen LogP contribution in [0.5, 0.6) is 0 Å². The lowest BCUT2D eigenvalue weighted by atomic mass is 10.1. The number of carboxylic acids is 1. The molecule has 0 heterocycles. The normalized spacial score (nSPS) is 11.4. The Morgan fingerprint density at radius 1 is 1.00 bits per heavy atom. The van der Waals surface area contributed by atoms with Crippen molar-refractivity contribution in [2.75, 3.05) is 4.72 Å². The maximum Gasteiger partial charge on any atom is 0.335 e. The number of aromatic carboxylic acids is 1. The summed E-state index contributed by atoms with van der Waals surface area (Å²) >= 11 is 5.96. The monoisotopic (exact) mass is 361 g/mol. The van der Waals surface area contributed by atoms with E-state index in [9.17, 15) is 13.2 Å². The average Bonchev–Trinajstić information content (AvgIpc) is 2.55. The van der Waals surface area contributed by atoms with Crippen LogP contribution < -0.4 is 4.72 Å². The van der Waals surface area contributed by atoms with Gasteiger partial charge < -0.3 is 5.11 Å². The maximum absolute atomic E-state index is 12.7. The van der Waals surface area contributed by atoms with Crippen LogP contribution in [0.4, 0.5) is 5.69 Å². The molecule has 0 fully saturated rings. The quantitative estimate of drug-likeness (QED) is 0.735. The molecule has 0 aliphatic rings. The van der Waals surface area contributed by atoms with Crippen molar-refractivity contribution in [1.29, 1.82) is 0 Å². The fourth-order valence-corrected chi connectivity index (χ4v) is 3.96. The number of sulfonamides is 1. The lowest BCUT2D eigenvalue weighted by Crippen LogP contribution is -2.14. The number of anilines is 1. The van der Waals surface area contributed by atoms with E-state index in [-0.39, 0.29) is 15.5 Å². The van der Waals surface area contributed by atoms with E-state index in [1.54, 1.807) is 24.3 Å². The van der Waals surface area contributed by atoms with Crippen LogP contribution in [0.1, 0.15) is 10.4 Å². The van der Waals surface area contributed by atoms with E-state index < -0.39 is 16.0 Å². The predicted molar refractivity (Wildman–Crippen MR) is 93.2 cm³/mol. The second kappa shape index (κ2) is 6.14. The number of fused-ring (bicyclic) bond motifs is 1. The molecular formula is C17H12ClNO4S. The van der Waals surface area contributed by atoms with Gasteiger partial charge in [-0.25, -0.2) is 13.2 Å². The van der Waals surface area contributed by atoms with Gasteiger partial charge in [-0.2, -0.15) is 0 Å². The van der Waals surface area contributed by atoms with Gasteiger partial charge in [-0.3, -0.25) is 4.72 Å². The van der Waals surface area contributed by atoms with Gasteiger partial charge in [0.25, 0.3) is 10.0 Å². The lowest BCUT2D eigenvalue weighted by molar-refractivity contribution is 0.0696. The third-order valence-corrected chi connectivity index (χ3v) is 5.35. The van der Waals surface area contributed by atoms with Gasteiger partial charge in [0, 0.05) is 5.39 Å². The third kappa shape index (κ3) is 3.06. The Morgan fingerprint density at radius 2 is 1.71 bits per heavy atom. The Morgan fingerprint density at radius 3 is 2.46 bits per heavy atom. The first-order valence-corrected chi connectivity index (χ1v) is 8.78. The highest BCUT2D eigenvalue weighted by molar-refractivity contribution is 7.92. The largest absolute Gasteiger partial charge is 0.478 e. The molecule has 3 aromatic carbocycles. The summed E-state index contributed by atoms with van der Waals surface area (Å²) in [7, 11) is -4.04. The zero-order chi connectivity index (χ0) is 17.3. The number of hydrogen-bond acceptors (Lipinski definition) is 3. The molecule has 2 N–H and O–H groups in total. The van der Waals surface area contributed by atoms with Crippen LogP contribution in [0.2, 0.25) is 5.02 Å². The molecule has 5 nitrogen and oxygen atoms in total. The van der Waals surface area contributed by atoms with Crippen LogP contribution in [0.15, 0.2) is 65.6 Å². The summed E-state index contributed by atoms with van der Waals surface area (Å²) in [6.45, 7) is 0. The molecule has 0 radical (unpaired) electrons. The molecular weight excluding hydrogens is 350 g/mol. The first-order valence-electron chi connectivity index (χ1n) is 6.92. The van der Waals surface area contributed by atoms with E-state index in [2.05, 4.69) is 4.72 Å². The lowest BCUT2D eigenvalue weighted by Gasteiger charge is -2.12. The summed E-state index contributed by atoms with van der Waals surface area (Å²) in [5.41, 5.74) is 0.239. The summed E-state index contributed by atoms with van der Waals surface area (Å²) < 4.78 is 27.8. The number of carbonyl (C=O) groups is 1. The van der Waals surface area contributed by atoms with E-state index in [1.165, 1.54) is 12.1 Å². The molecule has 24 heavy (non-hydrogen) atoms. The number of rotatable bonds is 4. The molecule has 0 amide bonds. The number of nitrogens with one attached hydrogen (secondary N) is 1. The fourth-order valence-electron chi connectivity index (χ4n) is 2.36. The van der Waals surface area contributed by atoms with Crippen LogP contribution in [0.25, 0.3) is 10.8 Å². The van der Waals surface area contributed by atoms with Gasteiger partial charge in [-0.1, -0.05) is 48.0 Å². The van der Waals surface area contributed by atoms with Gasteiger partial charge in [0.05, 0.1) is 16.3 Å². The summed E-state index contributed by atoms with van der Waals surface area (Å²) in [6, 6.07) is 16.1. The zero-order valence-electron chi connectivity index (χ0n) is 12.2. The summed E-state index contributed by atoms with van der Waals surface area (Å²) in [6.07, 6.45) is 0. The standard InChI is InChI=1S/C17H12ClNO4S/c18-14-9-8-12(17(20)21)10-16(14)24(22,23)19-15-7-3-5-11-4-1-2-6-13(11)15/h1-10,19H,(H,20,21). The molecule has 0 atom stereocenters. The molecule has 0 saturated carbocycles. The van der Waals surface area contributed by atoms with Crippen molar-refractivity contribution < 1.29 is 18.3 Å². The minimum absolute atomic E-state index is 0.0484. The van der Waals surface area contributed by atoms with E-state index in [4.69, 9.17) is 16.7 Å². The molecule has 3 rings (SSSR count). The smallest absolute Gasteiger partial charge is 0.335 e. The van der Waals surface area contributed by atoms with Gasteiger partial charge in [-0.15, -0.1) is 0 Å². The number of hydrogen-bond donors (Lipinski definition) is 2. The van der Waals surface area contributed by atoms with Crippen molar-refractivity contribution in [3.05, 3.63) is 71.2 Å². The highest BCUT2D eigenvalue weighted by Crippen LogP contribution is 2.28. The second-order valence-corrected chi connectivity index (χ2v) is 7.14. The SMILES string of the molecule is O=C(O)c1ccc(Cl)c(S(=O)(=O)Nc2cccc3ccccc23)c1. The van der Waals surface area contributed by atoms with Crippen molar-refractivity contribution in [3.8, 4) is 0 Å². The first kappa shape index (κ1) is 16.3. The molecule has 0 spiro atoms. The van der Waals surface area contributed by atoms with E-state index in [0.717, 1.165) is 16.8 Å². The molecule has 0 aliphatic heterocycles. The molecule has 0 unspecified atom stereocenters. The van der Waals surface area contributed by atoms with Crippen molar-refractivity contribution in [3.63, 3.8) is 0 Å². The number of halogens is 1. The van der Waals surface area contributed by atoms with Crippen molar-refractivity contribution in [1.82, 2.24) is 0 Å². The Bertz CT molecular complexity index is 1040. The average molecular weight is 362 g/mol. The second-order valence-electron chi connectivity index (χ2n) is 5.08. The first-order chi connectivity index (χ1) is 11.4. The Labute approximate surface area is 143 Å². The predicted octanol–water partition coefficient (Wildman–Crippen LogP) is 3.99. The highest BCUT2D eigenvalue weighted by atomic mass is 35.5. The fraction of sp³-hybridized carbons (Fsp3) is 0. The summed E-state index contributed by atoms with van der Waals surface area (Å²) in [4.78, 5) is 10.8.